The number of nitrogens with zero attached hydrogens (tertiary/aromatic N) is 1. The minimum atomic E-state index is 0.0380. The molecule has 1 aromatic carbocycles. The van der Waals surface area contributed by atoms with Gasteiger partial charge in [-0.25, -0.2) is 0 Å². The largest absolute Gasteiger partial charge is 0.335 e. The maximum absolute atomic E-state index is 12.8. The van der Waals surface area contributed by atoms with Crippen LogP contribution in [0.4, 0.5) is 0 Å². The van der Waals surface area contributed by atoms with Crippen LogP contribution in [0, 0.1) is 5.92 Å². The van der Waals surface area contributed by atoms with Crippen LogP contribution in [0.15, 0.2) is 24.3 Å². The lowest BCUT2D eigenvalue weighted by Crippen LogP contribution is -2.48. The smallest absolute Gasteiger partial charge is 0.254 e. The Morgan fingerprint density at radius 1 is 1.10 bits per heavy atom. The molecule has 0 N–H and O–H groups in total. The third kappa shape index (κ3) is 2.98. The zero-order chi connectivity index (χ0) is 14.8. The number of carbonyl (C=O) groups excluding carboxylic acids is 2. The molecule has 1 aliphatic heterocycles. The number of benzene rings is 1. The molecule has 3 nitrogen and oxygen atoms in total. The number of carbonyl (C=O) groups is 2. The summed E-state index contributed by atoms with van der Waals surface area (Å²) in [6, 6.07) is 7.12. The van der Waals surface area contributed by atoms with E-state index in [9.17, 15) is 9.59 Å². The van der Waals surface area contributed by atoms with Gasteiger partial charge in [-0.15, -0.1) is 0 Å². The van der Waals surface area contributed by atoms with Gasteiger partial charge >= 0.3 is 0 Å². The summed E-state index contributed by atoms with van der Waals surface area (Å²) < 4.78 is 0. The molecular weight excluding hydrogens is 286 g/mol. The van der Waals surface area contributed by atoms with Crippen LogP contribution in [0.25, 0.3) is 0 Å². The first kappa shape index (κ1) is 14.6. The van der Waals surface area contributed by atoms with Crippen molar-refractivity contribution < 1.29 is 9.59 Å². The van der Waals surface area contributed by atoms with E-state index < -0.39 is 0 Å². The quantitative estimate of drug-likeness (QED) is 0.835. The molecule has 1 saturated heterocycles. The number of Topliss-reactive ketones (excluding diaryl/α,β-unsaturated/α-hetero) is 1. The third-order valence-corrected chi connectivity index (χ3v) is 4.97. The molecular formula is C17H20ClNO2. The zero-order valence-corrected chi connectivity index (χ0v) is 12.8. The molecule has 0 aromatic heterocycles. The topological polar surface area (TPSA) is 37.4 Å². The first-order valence-corrected chi connectivity index (χ1v) is 8.14. The number of ketones is 1. The van der Waals surface area contributed by atoms with Crippen LogP contribution in [0.1, 0.15) is 48.9 Å². The molecule has 112 valence electrons. The van der Waals surface area contributed by atoms with Gasteiger partial charge in [0.25, 0.3) is 5.91 Å². The van der Waals surface area contributed by atoms with Crippen molar-refractivity contribution in [3.05, 3.63) is 34.9 Å². The molecule has 2 fully saturated rings. The highest BCUT2D eigenvalue weighted by molar-refractivity contribution is 6.30. The highest BCUT2D eigenvalue weighted by atomic mass is 35.5. The number of halogens is 1. The average Bonchev–Trinajstić information content (AvgIpc) is 2.93. The summed E-state index contributed by atoms with van der Waals surface area (Å²) in [5.74, 6) is 0.438. The van der Waals surface area contributed by atoms with Gasteiger partial charge in [-0.2, -0.15) is 0 Å². The maximum Gasteiger partial charge on any atom is 0.254 e. The van der Waals surface area contributed by atoms with Crippen molar-refractivity contribution in [1.29, 1.82) is 0 Å². The van der Waals surface area contributed by atoms with Gasteiger partial charge in [0.05, 0.1) is 0 Å². The van der Waals surface area contributed by atoms with Crippen LogP contribution < -0.4 is 0 Å². The van der Waals surface area contributed by atoms with Crippen LogP contribution in [0.2, 0.25) is 5.02 Å². The molecule has 2 unspecified atom stereocenters. The molecule has 21 heavy (non-hydrogen) atoms. The van der Waals surface area contributed by atoms with E-state index in [1.165, 1.54) is 0 Å². The van der Waals surface area contributed by atoms with E-state index in [0.717, 1.165) is 38.6 Å². The molecule has 0 bridgehead atoms. The van der Waals surface area contributed by atoms with Crippen LogP contribution in [0.3, 0.4) is 0 Å². The molecule has 2 atom stereocenters. The van der Waals surface area contributed by atoms with Gasteiger partial charge in [0.1, 0.15) is 5.78 Å². The van der Waals surface area contributed by atoms with Crippen LogP contribution in [0.5, 0.6) is 0 Å². The van der Waals surface area contributed by atoms with Gasteiger partial charge in [-0.3, -0.25) is 9.59 Å². The second-order valence-electron chi connectivity index (χ2n) is 6.03. The summed E-state index contributed by atoms with van der Waals surface area (Å²) in [5, 5.41) is 0.632. The summed E-state index contributed by atoms with van der Waals surface area (Å²) in [6.07, 6.45) is 5.69. The Hall–Kier alpha value is -1.35. The average molecular weight is 306 g/mol. The van der Waals surface area contributed by atoms with Crippen molar-refractivity contribution in [2.45, 2.75) is 44.6 Å². The molecule has 1 aliphatic carbocycles. The lowest BCUT2D eigenvalue weighted by molar-refractivity contribution is -0.122. The summed E-state index contributed by atoms with van der Waals surface area (Å²) in [7, 11) is 0. The lowest BCUT2D eigenvalue weighted by atomic mass is 9.88. The van der Waals surface area contributed by atoms with Gasteiger partial charge in [-0.1, -0.05) is 11.6 Å². The molecule has 1 amide bonds. The van der Waals surface area contributed by atoms with Crippen molar-refractivity contribution in [3.63, 3.8) is 0 Å². The SMILES string of the molecule is O=C1CCCC1C1CCCCN1C(=O)c1ccc(Cl)cc1. The Labute approximate surface area is 130 Å². The van der Waals surface area contributed by atoms with Crippen LogP contribution in [-0.4, -0.2) is 29.2 Å². The predicted molar refractivity (Wildman–Crippen MR) is 82.5 cm³/mol. The van der Waals surface area contributed by atoms with E-state index in [4.69, 9.17) is 11.6 Å². The summed E-state index contributed by atoms with van der Waals surface area (Å²) in [5.41, 5.74) is 0.664. The first-order chi connectivity index (χ1) is 10.2. The number of rotatable bonds is 2. The fourth-order valence-corrected chi connectivity index (χ4v) is 3.76. The molecule has 0 radical (unpaired) electrons. The highest BCUT2D eigenvalue weighted by Crippen LogP contribution is 2.33. The van der Waals surface area contributed by atoms with E-state index in [1.807, 2.05) is 4.90 Å². The fourth-order valence-electron chi connectivity index (χ4n) is 3.64. The lowest BCUT2D eigenvalue weighted by Gasteiger charge is -2.38. The Kier molecular flexibility index (Phi) is 4.29. The predicted octanol–water partition coefficient (Wildman–Crippen LogP) is 3.70. The Morgan fingerprint density at radius 2 is 1.86 bits per heavy atom. The molecule has 1 saturated carbocycles. The van der Waals surface area contributed by atoms with Crippen LogP contribution in [-0.2, 0) is 4.79 Å². The number of hydrogen-bond acceptors (Lipinski definition) is 2. The van der Waals surface area contributed by atoms with Gasteiger partial charge in [-0.05, 0) is 56.4 Å². The maximum atomic E-state index is 12.8. The molecule has 1 heterocycles. The van der Waals surface area contributed by atoms with Gasteiger partial charge in [0.2, 0.25) is 0 Å². The molecule has 2 aliphatic rings. The molecule has 0 spiro atoms. The minimum absolute atomic E-state index is 0.0380. The number of piperidine rings is 1. The van der Waals surface area contributed by atoms with Crippen LogP contribution >= 0.6 is 11.6 Å². The summed E-state index contributed by atoms with van der Waals surface area (Å²) >= 11 is 5.88. The Bertz CT molecular complexity index is 540. The van der Waals surface area contributed by atoms with E-state index in [-0.39, 0.29) is 17.9 Å². The van der Waals surface area contributed by atoms with Gasteiger partial charge in [0.15, 0.2) is 0 Å². The van der Waals surface area contributed by atoms with Crippen molar-refractivity contribution >= 4 is 23.3 Å². The third-order valence-electron chi connectivity index (χ3n) is 4.72. The van der Waals surface area contributed by atoms with Gasteiger partial charge < -0.3 is 4.90 Å². The van der Waals surface area contributed by atoms with E-state index in [0.29, 0.717) is 22.8 Å². The second-order valence-corrected chi connectivity index (χ2v) is 6.47. The monoisotopic (exact) mass is 305 g/mol. The number of likely N-dealkylation sites (tertiary alicyclic amines) is 1. The van der Waals surface area contributed by atoms with Crippen molar-refractivity contribution in [3.8, 4) is 0 Å². The normalized spacial score (nSPS) is 26.1. The molecule has 1 aromatic rings. The Morgan fingerprint density at radius 3 is 2.52 bits per heavy atom. The number of amides is 1. The number of hydrogen-bond donors (Lipinski definition) is 0. The van der Waals surface area contributed by atoms with Crippen molar-refractivity contribution in [2.24, 2.45) is 5.92 Å². The zero-order valence-electron chi connectivity index (χ0n) is 12.1. The Balaban J connectivity index is 1.81. The first-order valence-electron chi connectivity index (χ1n) is 7.76. The summed E-state index contributed by atoms with van der Waals surface area (Å²) in [4.78, 5) is 26.8. The highest BCUT2D eigenvalue weighted by Gasteiger charge is 2.38. The second kappa shape index (κ2) is 6.18. The molecule has 3 rings (SSSR count). The van der Waals surface area contributed by atoms with Crippen molar-refractivity contribution in [2.75, 3.05) is 6.54 Å². The van der Waals surface area contributed by atoms with E-state index in [2.05, 4.69) is 0 Å². The van der Waals surface area contributed by atoms with E-state index in [1.54, 1.807) is 24.3 Å². The van der Waals surface area contributed by atoms with Crippen molar-refractivity contribution in [1.82, 2.24) is 4.90 Å². The van der Waals surface area contributed by atoms with Gasteiger partial charge in [0, 0.05) is 35.5 Å². The van der Waals surface area contributed by atoms with E-state index >= 15 is 0 Å². The summed E-state index contributed by atoms with van der Waals surface area (Å²) in [6.45, 7) is 0.760. The standard InChI is InChI=1S/C17H20ClNO2/c18-13-9-7-12(8-10-13)17(21)19-11-2-1-5-15(19)14-4-3-6-16(14)20/h7-10,14-15H,1-6,11H2. The fraction of sp³-hybridized carbons (Fsp3) is 0.529. The minimum Gasteiger partial charge on any atom is -0.335 e. The molecule has 4 heteroatoms.